The van der Waals surface area contributed by atoms with Crippen LogP contribution < -0.4 is 4.90 Å². The Bertz CT molecular complexity index is 868. The van der Waals surface area contributed by atoms with Gasteiger partial charge in [-0.25, -0.2) is 9.50 Å². The highest BCUT2D eigenvalue weighted by Gasteiger charge is 2.17. The molecule has 0 amide bonds. The minimum atomic E-state index is 0.718. The highest BCUT2D eigenvalue weighted by Crippen LogP contribution is 2.14. The molecule has 0 unspecified atom stereocenters. The maximum Gasteiger partial charge on any atom is 0.245 e. The van der Waals surface area contributed by atoms with Crippen LogP contribution in [0.25, 0.3) is 5.65 Å². The summed E-state index contributed by atoms with van der Waals surface area (Å²) in [7, 11) is 1.94. The van der Waals surface area contributed by atoms with Gasteiger partial charge >= 0.3 is 0 Å². The minimum Gasteiger partial charge on any atom is -0.380 e. The lowest BCUT2D eigenvalue weighted by molar-refractivity contribution is 0.152. The van der Waals surface area contributed by atoms with E-state index in [0.29, 0.717) is 0 Å². The average molecular weight is 356 g/mol. The van der Waals surface area contributed by atoms with Gasteiger partial charge in [0.25, 0.3) is 0 Å². The van der Waals surface area contributed by atoms with E-state index in [4.69, 9.17) is 9.72 Å². The maximum atomic E-state index is 5.51. The summed E-state index contributed by atoms with van der Waals surface area (Å²) in [6.45, 7) is 7.24. The van der Waals surface area contributed by atoms with E-state index < -0.39 is 0 Å². The molecule has 0 aromatic carbocycles. The third-order valence-electron chi connectivity index (χ3n) is 4.67. The summed E-state index contributed by atoms with van der Waals surface area (Å²) in [6, 6.07) is 0. The topological polar surface area (TPSA) is 86.3 Å². The lowest BCUT2D eigenvalue weighted by atomic mass is 10.3. The zero-order chi connectivity index (χ0) is 18.1. The van der Waals surface area contributed by atoms with Crippen molar-refractivity contribution in [3.8, 4) is 0 Å². The highest BCUT2D eigenvalue weighted by atomic mass is 16.5. The molecule has 3 aromatic heterocycles. The Morgan fingerprint density at radius 1 is 1.08 bits per heavy atom. The third-order valence-corrected chi connectivity index (χ3v) is 4.67. The first-order valence-corrected chi connectivity index (χ1v) is 9.02. The lowest BCUT2D eigenvalue weighted by Crippen LogP contribution is -2.27. The predicted octanol–water partition coefficient (Wildman–Crippen LogP) is 0.882. The second-order valence-electron chi connectivity index (χ2n) is 6.65. The molecule has 1 aliphatic heterocycles. The van der Waals surface area contributed by atoms with Crippen molar-refractivity contribution in [2.24, 2.45) is 7.05 Å². The van der Waals surface area contributed by atoms with E-state index in [1.165, 1.54) is 0 Å². The van der Waals surface area contributed by atoms with Crippen molar-refractivity contribution in [2.75, 3.05) is 31.2 Å². The molecule has 1 aliphatic rings. The van der Waals surface area contributed by atoms with Gasteiger partial charge in [-0.05, 0) is 20.3 Å². The fraction of sp³-hybridized carbons (Fsp3) is 0.588. The highest BCUT2D eigenvalue weighted by molar-refractivity contribution is 5.43. The van der Waals surface area contributed by atoms with Gasteiger partial charge in [-0.1, -0.05) is 0 Å². The normalized spacial score (nSPS) is 15.6. The summed E-state index contributed by atoms with van der Waals surface area (Å²) < 4.78 is 9.22. The Labute approximate surface area is 152 Å². The number of anilines is 1. The van der Waals surface area contributed by atoms with Gasteiger partial charge in [-0.15, -0.1) is 5.10 Å². The first kappa shape index (κ1) is 16.9. The second kappa shape index (κ2) is 6.99. The summed E-state index contributed by atoms with van der Waals surface area (Å²) >= 11 is 0. The van der Waals surface area contributed by atoms with Crippen LogP contribution in [0.4, 0.5) is 5.95 Å². The van der Waals surface area contributed by atoms with Crippen LogP contribution in [0, 0.1) is 13.8 Å². The number of hydrogen-bond donors (Lipinski definition) is 0. The monoisotopic (exact) mass is 356 g/mol. The van der Waals surface area contributed by atoms with Gasteiger partial charge in [0.2, 0.25) is 5.95 Å². The number of ether oxygens (including phenoxy) is 1. The van der Waals surface area contributed by atoms with E-state index in [2.05, 4.69) is 25.1 Å². The van der Waals surface area contributed by atoms with Gasteiger partial charge < -0.3 is 9.64 Å². The van der Waals surface area contributed by atoms with Gasteiger partial charge in [0.15, 0.2) is 11.5 Å². The standard InChI is InChI=1S/C17H24N8O/c1-12-11-18-13(2)16-19-14(21-25(12)16)5-6-15-20-17(22-23(15)3)24-7-4-9-26-10-8-24/h11H,4-10H2,1-3H3. The molecule has 1 saturated heterocycles. The number of fused-ring (bicyclic) bond motifs is 1. The number of aromatic nitrogens is 7. The molecule has 0 saturated carbocycles. The van der Waals surface area contributed by atoms with E-state index >= 15 is 0 Å². The fourth-order valence-corrected chi connectivity index (χ4v) is 3.17. The van der Waals surface area contributed by atoms with E-state index in [-0.39, 0.29) is 0 Å². The van der Waals surface area contributed by atoms with Crippen LogP contribution in [0.1, 0.15) is 29.5 Å². The minimum absolute atomic E-state index is 0.718. The van der Waals surface area contributed by atoms with Crippen molar-refractivity contribution in [3.63, 3.8) is 0 Å². The Morgan fingerprint density at radius 2 is 1.96 bits per heavy atom. The number of nitrogens with zero attached hydrogens (tertiary/aromatic N) is 8. The molecule has 9 heteroatoms. The molecule has 0 bridgehead atoms. The van der Waals surface area contributed by atoms with Crippen molar-refractivity contribution >= 4 is 11.6 Å². The van der Waals surface area contributed by atoms with Gasteiger partial charge in [0.1, 0.15) is 5.82 Å². The van der Waals surface area contributed by atoms with Crippen LogP contribution in [0.15, 0.2) is 6.20 Å². The first-order valence-electron chi connectivity index (χ1n) is 9.02. The van der Waals surface area contributed by atoms with E-state index in [1.54, 1.807) is 0 Å². The summed E-state index contributed by atoms with van der Waals surface area (Å²) in [5.74, 6) is 2.53. The van der Waals surface area contributed by atoms with Crippen LogP contribution in [-0.4, -0.2) is 60.6 Å². The van der Waals surface area contributed by atoms with Crippen LogP contribution in [0.3, 0.4) is 0 Å². The Hall–Kier alpha value is -2.55. The molecular weight excluding hydrogens is 332 g/mol. The summed E-state index contributed by atoms with van der Waals surface area (Å²) in [5.41, 5.74) is 2.69. The largest absolute Gasteiger partial charge is 0.380 e. The molecule has 0 radical (unpaired) electrons. The molecular formula is C17H24N8O. The first-order chi connectivity index (χ1) is 12.6. The molecule has 4 heterocycles. The van der Waals surface area contributed by atoms with Crippen LogP contribution >= 0.6 is 0 Å². The third kappa shape index (κ3) is 3.26. The molecule has 0 atom stereocenters. The van der Waals surface area contributed by atoms with Crippen molar-refractivity contribution in [3.05, 3.63) is 29.2 Å². The van der Waals surface area contributed by atoms with E-state index in [0.717, 1.165) is 80.2 Å². The van der Waals surface area contributed by atoms with Crippen molar-refractivity contribution in [1.82, 2.24) is 34.3 Å². The summed E-state index contributed by atoms with van der Waals surface area (Å²) in [6.07, 6.45) is 4.29. The molecule has 0 aliphatic carbocycles. The molecule has 9 nitrogen and oxygen atoms in total. The number of aryl methyl sites for hydroxylation is 5. The van der Waals surface area contributed by atoms with Crippen molar-refractivity contribution in [1.29, 1.82) is 0 Å². The maximum absolute atomic E-state index is 5.51. The quantitative estimate of drug-likeness (QED) is 0.686. The summed E-state index contributed by atoms with van der Waals surface area (Å²) in [5, 5.41) is 9.19. The van der Waals surface area contributed by atoms with Gasteiger partial charge in [0, 0.05) is 45.8 Å². The molecule has 138 valence electrons. The molecule has 1 fully saturated rings. The average Bonchev–Trinajstić information content (AvgIpc) is 3.11. The molecule has 3 aromatic rings. The van der Waals surface area contributed by atoms with Crippen LogP contribution in [0.2, 0.25) is 0 Å². The predicted molar refractivity (Wildman–Crippen MR) is 96.3 cm³/mol. The fourth-order valence-electron chi connectivity index (χ4n) is 3.17. The van der Waals surface area contributed by atoms with E-state index in [9.17, 15) is 0 Å². The Kier molecular flexibility index (Phi) is 4.54. The van der Waals surface area contributed by atoms with Gasteiger partial charge in [0.05, 0.1) is 18.0 Å². The second-order valence-corrected chi connectivity index (χ2v) is 6.65. The van der Waals surface area contributed by atoms with Crippen LogP contribution in [-0.2, 0) is 24.6 Å². The Morgan fingerprint density at radius 3 is 2.81 bits per heavy atom. The zero-order valence-corrected chi connectivity index (χ0v) is 15.5. The summed E-state index contributed by atoms with van der Waals surface area (Å²) in [4.78, 5) is 15.9. The zero-order valence-electron chi connectivity index (χ0n) is 15.5. The SMILES string of the molecule is Cc1ncc(C)n2nc(CCc3nc(N4CCCOCC4)nn3C)nc12. The molecule has 4 rings (SSSR count). The van der Waals surface area contributed by atoms with E-state index in [1.807, 2.05) is 36.3 Å². The van der Waals surface area contributed by atoms with Crippen molar-refractivity contribution in [2.45, 2.75) is 33.1 Å². The van der Waals surface area contributed by atoms with Crippen LogP contribution in [0.5, 0.6) is 0 Å². The number of hydrogen-bond acceptors (Lipinski definition) is 7. The molecule has 0 N–H and O–H groups in total. The molecule has 26 heavy (non-hydrogen) atoms. The Balaban J connectivity index is 1.49. The smallest absolute Gasteiger partial charge is 0.245 e. The lowest BCUT2D eigenvalue weighted by Gasteiger charge is -2.16. The number of rotatable bonds is 4. The molecule has 0 spiro atoms. The van der Waals surface area contributed by atoms with Crippen molar-refractivity contribution < 1.29 is 4.74 Å². The van der Waals surface area contributed by atoms with Gasteiger partial charge in [-0.3, -0.25) is 9.67 Å². The van der Waals surface area contributed by atoms with Gasteiger partial charge in [-0.2, -0.15) is 10.1 Å².